The number of halogens is 1. The first kappa shape index (κ1) is 16.7. The van der Waals surface area contributed by atoms with E-state index in [4.69, 9.17) is 16.3 Å². The predicted molar refractivity (Wildman–Crippen MR) is 96.1 cm³/mol. The molecule has 0 spiro atoms. The molecule has 2 heterocycles. The van der Waals surface area contributed by atoms with Gasteiger partial charge in [-0.05, 0) is 39.0 Å². The van der Waals surface area contributed by atoms with E-state index in [-0.39, 0.29) is 12.5 Å². The number of fused-ring (bicyclic) bond motifs is 1. The maximum absolute atomic E-state index is 12.2. The minimum atomic E-state index is -0.193. The molecule has 8 heteroatoms. The predicted octanol–water partition coefficient (Wildman–Crippen LogP) is 3.80. The molecule has 1 amide bonds. The van der Waals surface area contributed by atoms with E-state index in [1.165, 1.54) is 11.3 Å². The molecular formula is C16H17ClN4O2S. The molecule has 24 heavy (non-hydrogen) atoms. The number of ether oxygens (including phenoxy) is 1. The van der Waals surface area contributed by atoms with Gasteiger partial charge in [0.15, 0.2) is 5.13 Å². The highest BCUT2D eigenvalue weighted by Gasteiger charge is 2.14. The Morgan fingerprint density at radius 1 is 1.42 bits per heavy atom. The molecular weight excluding hydrogens is 348 g/mol. The van der Waals surface area contributed by atoms with Gasteiger partial charge in [0.2, 0.25) is 5.91 Å². The Morgan fingerprint density at radius 3 is 2.88 bits per heavy atom. The third kappa shape index (κ3) is 3.37. The second kappa shape index (κ2) is 6.78. The third-order valence-corrected chi connectivity index (χ3v) is 4.98. The number of anilines is 1. The second-order valence-corrected chi connectivity index (χ2v) is 6.68. The molecule has 0 atom stereocenters. The molecule has 0 fully saturated rings. The minimum Gasteiger partial charge on any atom is -0.494 e. The largest absolute Gasteiger partial charge is 0.494 e. The molecule has 3 aromatic rings. The molecule has 2 aromatic heterocycles. The summed E-state index contributed by atoms with van der Waals surface area (Å²) in [5, 5.41) is 8.21. The molecule has 0 unspecified atom stereocenters. The van der Waals surface area contributed by atoms with Crippen molar-refractivity contribution in [1.82, 2.24) is 14.8 Å². The van der Waals surface area contributed by atoms with Crippen LogP contribution in [-0.4, -0.2) is 27.3 Å². The summed E-state index contributed by atoms with van der Waals surface area (Å²) in [6.07, 6.45) is 0. The number of rotatable bonds is 5. The van der Waals surface area contributed by atoms with Crippen LogP contribution in [0.25, 0.3) is 10.2 Å². The lowest BCUT2D eigenvalue weighted by Gasteiger charge is -2.04. The lowest BCUT2D eigenvalue weighted by Crippen LogP contribution is -2.20. The Hall–Kier alpha value is -2.12. The maximum atomic E-state index is 12.2. The van der Waals surface area contributed by atoms with Crippen LogP contribution in [0.15, 0.2) is 18.2 Å². The molecule has 126 valence electrons. The Labute approximate surface area is 148 Å². The number of benzene rings is 1. The van der Waals surface area contributed by atoms with Gasteiger partial charge in [0, 0.05) is 0 Å². The second-order valence-electron chi connectivity index (χ2n) is 5.27. The zero-order valence-electron chi connectivity index (χ0n) is 13.6. The zero-order valence-corrected chi connectivity index (χ0v) is 15.2. The molecule has 0 aliphatic rings. The lowest BCUT2D eigenvalue weighted by molar-refractivity contribution is -0.116. The van der Waals surface area contributed by atoms with Crippen molar-refractivity contribution in [3.05, 3.63) is 34.6 Å². The molecule has 0 aliphatic heterocycles. The van der Waals surface area contributed by atoms with E-state index in [1.54, 1.807) is 4.68 Å². The molecule has 0 radical (unpaired) electrons. The van der Waals surface area contributed by atoms with E-state index in [2.05, 4.69) is 15.4 Å². The summed E-state index contributed by atoms with van der Waals surface area (Å²) in [7, 11) is 0. The van der Waals surface area contributed by atoms with Crippen molar-refractivity contribution >= 4 is 44.2 Å². The molecule has 0 saturated carbocycles. The Kier molecular flexibility index (Phi) is 4.73. The number of carbonyl (C=O) groups is 1. The number of hydrogen-bond acceptors (Lipinski definition) is 5. The van der Waals surface area contributed by atoms with Gasteiger partial charge in [0.1, 0.15) is 12.3 Å². The first-order valence-corrected chi connectivity index (χ1v) is 8.70. The first-order valence-electron chi connectivity index (χ1n) is 7.50. The normalized spacial score (nSPS) is 11.0. The number of nitrogens with zero attached hydrogens (tertiary/aromatic N) is 3. The van der Waals surface area contributed by atoms with Crippen LogP contribution in [0.1, 0.15) is 18.3 Å². The van der Waals surface area contributed by atoms with E-state index in [1.807, 2.05) is 39.0 Å². The highest BCUT2D eigenvalue weighted by atomic mass is 35.5. The summed E-state index contributed by atoms with van der Waals surface area (Å²) in [4.78, 5) is 16.6. The molecule has 0 bridgehead atoms. The number of amides is 1. The van der Waals surface area contributed by atoms with Crippen molar-refractivity contribution in [1.29, 1.82) is 0 Å². The summed E-state index contributed by atoms with van der Waals surface area (Å²) in [6, 6.07) is 5.68. The average molecular weight is 365 g/mol. The molecule has 1 N–H and O–H groups in total. The molecule has 3 rings (SSSR count). The quantitative estimate of drug-likeness (QED) is 0.747. The van der Waals surface area contributed by atoms with Gasteiger partial charge in [0.05, 0.1) is 33.2 Å². The molecule has 6 nitrogen and oxygen atoms in total. The van der Waals surface area contributed by atoms with E-state index >= 15 is 0 Å². The minimum absolute atomic E-state index is 0.0967. The average Bonchev–Trinajstić information content (AvgIpc) is 3.03. The number of aryl methyl sites for hydroxylation is 1. The first-order chi connectivity index (χ1) is 11.5. The number of nitrogens with one attached hydrogen (secondary N) is 1. The Balaban J connectivity index is 1.74. The van der Waals surface area contributed by atoms with E-state index in [9.17, 15) is 4.79 Å². The number of hydrogen-bond donors (Lipinski definition) is 1. The van der Waals surface area contributed by atoms with Crippen molar-refractivity contribution in [2.75, 3.05) is 11.9 Å². The molecule has 0 aliphatic carbocycles. The van der Waals surface area contributed by atoms with Gasteiger partial charge >= 0.3 is 0 Å². The highest BCUT2D eigenvalue weighted by molar-refractivity contribution is 7.22. The SMILES string of the molecule is CCOc1ccc2nc(NC(=O)Cn3nc(C)c(Cl)c3C)sc2c1. The summed E-state index contributed by atoms with van der Waals surface area (Å²) in [5.74, 6) is 0.602. The van der Waals surface area contributed by atoms with Gasteiger partial charge in [-0.1, -0.05) is 22.9 Å². The summed E-state index contributed by atoms with van der Waals surface area (Å²) < 4.78 is 8.03. The van der Waals surface area contributed by atoms with Crippen LogP contribution in [0.3, 0.4) is 0 Å². The Morgan fingerprint density at radius 2 is 2.21 bits per heavy atom. The summed E-state index contributed by atoms with van der Waals surface area (Å²) in [6.45, 7) is 6.29. The van der Waals surface area contributed by atoms with Gasteiger partial charge in [-0.3, -0.25) is 9.48 Å². The van der Waals surface area contributed by atoms with Crippen LogP contribution < -0.4 is 10.1 Å². The van der Waals surface area contributed by atoms with Gasteiger partial charge in [0.25, 0.3) is 0 Å². The summed E-state index contributed by atoms with van der Waals surface area (Å²) in [5.41, 5.74) is 2.31. The van der Waals surface area contributed by atoms with Gasteiger partial charge < -0.3 is 10.1 Å². The van der Waals surface area contributed by atoms with E-state index < -0.39 is 0 Å². The van der Waals surface area contributed by atoms with E-state index in [0.717, 1.165) is 21.7 Å². The van der Waals surface area contributed by atoms with E-state index in [0.29, 0.717) is 22.5 Å². The fourth-order valence-corrected chi connectivity index (χ4v) is 3.38. The lowest BCUT2D eigenvalue weighted by atomic mass is 10.3. The number of carbonyl (C=O) groups excluding carboxylic acids is 1. The van der Waals surface area contributed by atoms with Crippen molar-refractivity contribution < 1.29 is 9.53 Å². The van der Waals surface area contributed by atoms with Crippen LogP contribution in [0.5, 0.6) is 5.75 Å². The molecule has 0 saturated heterocycles. The van der Waals surface area contributed by atoms with Gasteiger partial charge in [-0.2, -0.15) is 5.10 Å². The van der Waals surface area contributed by atoms with Crippen LogP contribution in [-0.2, 0) is 11.3 Å². The highest BCUT2D eigenvalue weighted by Crippen LogP contribution is 2.29. The monoisotopic (exact) mass is 364 g/mol. The van der Waals surface area contributed by atoms with Crippen LogP contribution in [0, 0.1) is 13.8 Å². The Bertz CT molecular complexity index is 903. The van der Waals surface area contributed by atoms with Crippen molar-refractivity contribution in [3.8, 4) is 5.75 Å². The summed E-state index contributed by atoms with van der Waals surface area (Å²) >= 11 is 7.51. The third-order valence-electron chi connectivity index (χ3n) is 3.50. The fraction of sp³-hybridized carbons (Fsp3) is 0.312. The smallest absolute Gasteiger partial charge is 0.247 e. The zero-order chi connectivity index (χ0) is 17.3. The van der Waals surface area contributed by atoms with Gasteiger partial charge in [-0.25, -0.2) is 4.98 Å². The van der Waals surface area contributed by atoms with Crippen molar-refractivity contribution in [2.24, 2.45) is 0 Å². The van der Waals surface area contributed by atoms with Crippen molar-refractivity contribution in [3.63, 3.8) is 0 Å². The van der Waals surface area contributed by atoms with Crippen LogP contribution in [0.4, 0.5) is 5.13 Å². The fourth-order valence-electron chi connectivity index (χ4n) is 2.34. The van der Waals surface area contributed by atoms with Crippen molar-refractivity contribution in [2.45, 2.75) is 27.3 Å². The number of thiazole rings is 1. The van der Waals surface area contributed by atoms with Gasteiger partial charge in [-0.15, -0.1) is 0 Å². The topological polar surface area (TPSA) is 69.0 Å². The van der Waals surface area contributed by atoms with Crippen LogP contribution in [0.2, 0.25) is 5.02 Å². The standard InChI is InChI=1S/C16H17ClN4O2S/c1-4-23-11-5-6-12-13(7-11)24-16(18-12)19-14(22)8-21-10(3)15(17)9(2)20-21/h5-7H,4,8H2,1-3H3,(H,18,19,22). The number of aromatic nitrogens is 3. The van der Waals surface area contributed by atoms with Crippen LogP contribution >= 0.6 is 22.9 Å². The maximum Gasteiger partial charge on any atom is 0.247 e. The molecule has 1 aromatic carbocycles.